The molecule has 0 unspecified atom stereocenters. The fourth-order valence-electron chi connectivity index (χ4n) is 3.83. The number of hydrogen-bond acceptors (Lipinski definition) is 2. The van der Waals surface area contributed by atoms with Gasteiger partial charge >= 0.3 is 0 Å². The predicted molar refractivity (Wildman–Crippen MR) is 89.2 cm³/mol. The summed E-state index contributed by atoms with van der Waals surface area (Å²) in [7, 11) is 0. The first kappa shape index (κ1) is 14.9. The van der Waals surface area contributed by atoms with Crippen LogP contribution in [0.5, 0.6) is 0 Å². The van der Waals surface area contributed by atoms with Gasteiger partial charge in [0.25, 0.3) is 5.91 Å². The van der Waals surface area contributed by atoms with Crippen LogP contribution >= 0.6 is 15.9 Å². The highest BCUT2D eigenvalue weighted by atomic mass is 79.9. The minimum Gasteiger partial charge on any atom is -0.398 e. The molecule has 114 valence electrons. The van der Waals surface area contributed by atoms with Gasteiger partial charge in [0.05, 0.1) is 0 Å². The first-order valence-corrected chi connectivity index (χ1v) is 8.73. The molecule has 4 heteroatoms. The fraction of sp³-hybridized carbons (Fsp3) is 0.588. The molecule has 1 saturated heterocycles. The molecule has 2 aliphatic rings. The lowest BCUT2D eigenvalue weighted by molar-refractivity contribution is 0.0472. The Bertz CT molecular complexity index is 528. The molecule has 1 saturated carbocycles. The van der Waals surface area contributed by atoms with Crippen LogP contribution in [0.15, 0.2) is 22.7 Å². The van der Waals surface area contributed by atoms with Gasteiger partial charge in [0.2, 0.25) is 0 Å². The summed E-state index contributed by atoms with van der Waals surface area (Å²) in [5, 5.41) is 0. The van der Waals surface area contributed by atoms with E-state index in [2.05, 4.69) is 15.9 Å². The maximum atomic E-state index is 12.6. The van der Waals surface area contributed by atoms with Crippen LogP contribution in [-0.4, -0.2) is 23.9 Å². The van der Waals surface area contributed by atoms with E-state index in [-0.39, 0.29) is 5.91 Å². The number of carbonyl (C=O) groups is 1. The van der Waals surface area contributed by atoms with Gasteiger partial charge in [-0.3, -0.25) is 4.79 Å². The maximum absolute atomic E-state index is 12.6. The van der Waals surface area contributed by atoms with E-state index in [9.17, 15) is 4.79 Å². The van der Waals surface area contributed by atoms with E-state index in [0.29, 0.717) is 11.1 Å². The van der Waals surface area contributed by atoms with Crippen LogP contribution in [0.4, 0.5) is 5.69 Å². The number of carbonyl (C=O) groups excluding carboxylic acids is 1. The van der Waals surface area contributed by atoms with Gasteiger partial charge in [-0.15, -0.1) is 0 Å². The average molecular weight is 351 g/mol. The molecule has 1 amide bonds. The first-order chi connectivity index (χ1) is 10.1. The van der Waals surface area contributed by atoms with Gasteiger partial charge in [0.15, 0.2) is 0 Å². The molecule has 1 heterocycles. The summed E-state index contributed by atoms with van der Waals surface area (Å²) in [6.07, 6.45) is 9.22. The second-order valence-electron chi connectivity index (χ2n) is 6.59. The Kier molecular flexibility index (Phi) is 4.25. The molecule has 0 atom stereocenters. The van der Waals surface area contributed by atoms with E-state index in [0.717, 1.165) is 23.1 Å². The number of likely N-dealkylation sites (tertiary alicyclic amines) is 1. The molecular formula is C17H23BrN2O. The smallest absolute Gasteiger partial charge is 0.253 e. The monoisotopic (exact) mass is 350 g/mol. The fourth-order valence-corrected chi connectivity index (χ4v) is 4.21. The molecule has 1 spiro atoms. The summed E-state index contributed by atoms with van der Waals surface area (Å²) in [5.74, 6) is 0.140. The van der Waals surface area contributed by atoms with Gasteiger partial charge in [-0.1, -0.05) is 19.3 Å². The Hall–Kier alpha value is -1.03. The number of benzene rings is 1. The van der Waals surface area contributed by atoms with Crippen LogP contribution < -0.4 is 5.73 Å². The number of nitrogens with two attached hydrogens (primary N) is 1. The third-order valence-electron chi connectivity index (χ3n) is 5.27. The highest BCUT2D eigenvalue weighted by molar-refractivity contribution is 9.10. The number of rotatable bonds is 1. The molecule has 2 N–H and O–H groups in total. The molecule has 1 aliphatic carbocycles. The summed E-state index contributed by atoms with van der Waals surface area (Å²) >= 11 is 3.40. The van der Waals surface area contributed by atoms with Gasteiger partial charge < -0.3 is 10.6 Å². The first-order valence-electron chi connectivity index (χ1n) is 7.94. The van der Waals surface area contributed by atoms with Crippen molar-refractivity contribution in [2.75, 3.05) is 18.8 Å². The Morgan fingerprint density at radius 1 is 1.10 bits per heavy atom. The zero-order valence-corrected chi connectivity index (χ0v) is 14.0. The van der Waals surface area contributed by atoms with Crippen molar-refractivity contribution in [2.24, 2.45) is 5.41 Å². The van der Waals surface area contributed by atoms with Crippen molar-refractivity contribution in [3.8, 4) is 0 Å². The van der Waals surface area contributed by atoms with Gasteiger partial charge in [-0.05, 0) is 65.2 Å². The van der Waals surface area contributed by atoms with Crippen molar-refractivity contribution >= 4 is 27.5 Å². The van der Waals surface area contributed by atoms with Crippen molar-refractivity contribution in [3.63, 3.8) is 0 Å². The topological polar surface area (TPSA) is 46.3 Å². The third kappa shape index (κ3) is 3.10. The SMILES string of the molecule is Nc1ccc(C(=O)N2CCC3(CCCCC3)CC2)cc1Br. The van der Waals surface area contributed by atoms with Crippen LogP contribution in [0.1, 0.15) is 55.3 Å². The van der Waals surface area contributed by atoms with Crippen LogP contribution in [0.25, 0.3) is 0 Å². The number of anilines is 1. The van der Waals surface area contributed by atoms with Crippen LogP contribution in [-0.2, 0) is 0 Å². The summed E-state index contributed by atoms with van der Waals surface area (Å²) < 4.78 is 0.800. The normalized spacial score (nSPS) is 21.5. The van der Waals surface area contributed by atoms with Crippen molar-refractivity contribution in [3.05, 3.63) is 28.2 Å². The maximum Gasteiger partial charge on any atom is 0.253 e. The number of nitrogen functional groups attached to an aromatic ring is 1. The molecule has 0 radical (unpaired) electrons. The van der Waals surface area contributed by atoms with Crippen LogP contribution in [0.2, 0.25) is 0 Å². The minimum atomic E-state index is 0.140. The Morgan fingerprint density at radius 2 is 1.76 bits per heavy atom. The van der Waals surface area contributed by atoms with Crippen LogP contribution in [0, 0.1) is 5.41 Å². The van der Waals surface area contributed by atoms with Crippen molar-refractivity contribution in [1.82, 2.24) is 4.90 Å². The lowest BCUT2D eigenvalue weighted by atomic mass is 9.68. The zero-order chi connectivity index (χ0) is 14.9. The Labute approximate surface area is 135 Å². The largest absolute Gasteiger partial charge is 0.398 e. The molecule has 3 nitrogen and oxygen atoms in total. The highest BCUT2D eigenvalue weighted by Crippen LogP contribution is 2.44. The van der Waals surface area contributed by atoms with E-state index in [1.807, 2.05) is 17.0 Å². The van der Waals surface area contributed by atoms with Gasteiger partial charge in [0.1, 0.15) is 0 Å². The summed E-state index contributed by atoms with van der Waals surface area (Å²) in [6.45, 7) is 1.81. The Morgan fingerprint density at radius 3 is 2.38 bits per heavy atom. The predicted octanol–water partition coefficient (Wildman–Crippen LogP) is 4.22. The number of piperidine rings is 1. The summed E-state index contributed by atoms with van der Waals surface area (Å²) in [6, 6.07) is 5.46. The molecule has 21 heavy (non-hydrogen) atoms. The van der Waals surface area contributed by atoms with Gasteiger partial charge in [-0.25, -0.2) is 0 Å². The van der Waals surface area contributed by atoms with Crippen molar-refractivity contribution < 1.29 is 4.79 Å². The molecule has 0 aromatic heterocycles. The molecule has 1 aromatic rings. The minimum absolute atomic E-state index is 0.140. The zero-order valence-electron chi connectivity index (χ0n) is 12.4. The Balaban J connectivity index is 1.65. The molecule has 3 rings (SSSR count). The average Bonchev–Trinajstić information content (AvgIpc) is 2.51. The number of amides is 1. The van der Waals surface area contributed by atoms with Crippen molar-refractivity contribution in [2.45, 2.75) is 44.9 Å². The number of hydrogen-bond donors (Lipinski definition) is 1. The lowest BCUT2D eigenvalue weighted by Gasteiger charge is -2.44. The second kappa shape index (κ2) is 5.99. The molecular weight excluding hydrogens is 328 g/mol. The number of halogens is 1. The van der Waals surface area contributed by atoms with E-state index in [1.165, 1.54) is 44.9 Å². The van der Waals surface area contributed by atoms with Gasteiger partial charge in [-0.2, -0.15) is 0 Å². The number of nitrogens with zero attached hydrogens (tertiary/aromatic N) is 1. The quantitative estimate of drug-likeness (QED) is 0.770. The molecule has 1 aromatic carbocycles. The van der Waals surface area contributed by atoms with Crippen molar-refractivity contribution in [1.29, 1.82) is 0 Å². The molecule has 0 bridgehead atoms. The second-order valence-corrected chi connectivity index (χ2v) is 7.44. The van der Waals surface area contributed by atoms with E-state index < -0.39 is 0 Å². The third-order valence-corrected chi connectivity index (χ3v) is 5.96. The van der Waals surface area contributed by atoms with E-state index in [4.69, 9.17) is 5.73 Å². The highest BCUT2D eigenvalue weighted by Gasteiger charge is 2.36. The lowest BCUT2D eigenvalue weighted by Crippen LogP contribution is -2.43. The molecule has 1 aliphatic heterocycles. The van der Waals surface area contributed by atoms with Crippen LogP contribution in [0.3, 0.4) is 0 Å². The summed E-state index contributed by atoms with van der Waals surface area (Å²) in [4.78, 5) is 14.6. The molecule has 2 fully saturated rings. The van der Waals surface area contributed by atoms with E-state index in [1.54, 1.807) is 6.07 Å². The van der Waals surface area contributed by atoms with Gasteiger partial charge in [0, 0.05) is 28.8 Å². The standard InChI is InChI=1S/C17H23BrN2O/c18-14-12-13(4-5-15(14)19)16(21)20-10-8-17(9-11-20)6-2-1-3-7-17/h4-5,12H,1-3,6-11,19H2. The summed E-state index contributed by atoms with van der Waals surface area (Å²) in [5.41, 5.74) is 7.73. The van der Waals surface area contributed by atoms with E-state index >= 15 is 0 Å².